The van der Waals surface area contributed by atoms with Gasteiger partial charge in [-0.1, -0.05) is 50.2 Å². The molecule has 0 aliphatic heterocycles. The van der Waals surface area contributed by atoms with Crippen LogP contribution in [-0.2, 0) is 24.4 Å². The zero-order chi connectivity index (χ0) is 24.4. The fourth-order valence-electron chi connectivity index (χ4n) is 3.08. The van der Waals surface area contributed by atoms with Gasteiger partial charge in [-0.15, -0.1) is 0 Å². The van der Waals surface area contributed by atoms with Gasteiger partial charge in [0.25, 0.3) is 0 Å². The number of benzene rings is 2. The van der Waals surface area contributed by atoms with E-state index in [-0.39, 0.29) is 0 Å². The number of hydrogen-bond acceptors (Lipinski definition) is 6. The highest BCUT2D eigenvalue weighted by atomic mass is 32.3. The molecule has 176 valence electrons. The second kappa shape index (κ2) is 9.19. The molecule has 0 fully saturated rings. The molecule has 1 N–H and O–H groups in total. The van der Waals surface area contributed by atoms with Crippen LogP contribution in [0.15, 0.2) is 70.5 Å². The molecule has 2 aromatic carbocycles. The van der Waals surface area contributed by atoms with Gasteiger partial charge in [-0.2, -0.15) is 0 Å². The van der Waals surface area contributed by atoms with Crippen LogP contribution in [0, 0.1) is 5.92 Å². The van der Waals surface area contributed by atoms with E-state index in [0.717, 1.165) is 24.3 Å². The van der Waals surface area contributed by atoms with Crippen molar-refractivity contribution >= 4 is 25.8 Å². The minimum Gasteiger partial charge on any atom is -0.444 e. The lowest BCUT2D eigenvalue weighted by atomic mass is 10.1. The van der Waals surface area contributed by atoms with Gasteiger partial charge in [0.2, 0.25) is 19.7 Å². The topological polar surface area (TPSA) is 107 Å². The molecule has 0 saturated carbocycles. The summed E-state index contributed by atoms with van der Waals surface area (Å²) in [5, 5.41) is 2.17. The first-order valence-electron chi connectivity index (χ1n) is 9.92. The van der Waals surface area contributed by atoms with Crippen molar-refractivity contribution in [3.63, 3.8) is 0 Å². The summed E-state index contributed by atoms with van der Waals surface area (Å²) in [5.74, 6) is -0.940. The van der Waals surface area contributed by atoms with E-state index >= 15 is 4.39 Å². The van der Waals surface area contributed by atoms with Crippen LogP contribution < -0.4 is 5.32 Å². The van der Waals surface area contributed by atoms with Crippen molar-refractivity contribution in [3.8, 4) is 0 Å². The van der Waals surface area contributed by atoms with E-state index in [2.05, 4.69) is 5.32 Å². The third-order valence-electron chi connectivity index (χ3n) is 4.55. The number of ether oxygens (including phenoxy) is 1. The van der Waals surface area contributed by atoms with Gasteiger partial charge >= 0.3 is 10.4 Å². The highest BCUT2D eigenvalue weighted by Gasteiger charge is 2.64. The van der Waals surface area contributed by atoms with Crippen LogP contribution >= 0.6 is 0 Å². The molecule has 0 radical (unpaired) electrons. The molecule has 0 aromatic heterocycles. The summed E-state index contributed by atoms with van der Waals surface area (Å²) in [6.45, 7) is 7.54. The van der Waals surface area contributed by atoms with Gasteiger partial charge < -0.3 is 10.1 Å². The normalized spacial score (nSPS) is 14.1. The van der Waals surface area contributed by atoms with Gasteiger partial charge in [-0.3, -0.25) is 0 Å². The minimum absolute atomic E-state index is 0.529. The Morgan fingerprint density at radius 2 is 1.22 bits per heavy atom. The molecule has 0 heterocycles. The van der Waals surface area contributed by atoms with Crippen LogP contribution in [0.2, 0.25) is 0 Å². The molecule has 0 bridgehead atoms. The zero-order valence-corrected chi connectivity index (χ0v) is 20.2. The molecule has 0 aliphatic rings. The summed E-state index contributed by atoms with van der Waals surface area (Å²) in [5.41, 5.74) is -0.971. The number of nitrogens with one attached hydrogen (secondary N) is 1. The molecule has 2 rings (SSSR count). The van der Waals surface area contributed by atoms with E-state index in [4.69, 9.17) is 4.74 Å². The van der Waals surface area contributed by atoms with Gasteiger partial charge in [0.15, 0.2) is 0 Å². The number of hydrogen-bond donors (Lipinski definition) is 1. The Balaban J connectivity index is 2.79. The van der Waals surface area contributed by atoms with Crippen molar-refractivity contribution in [3.05, 3.63) is 60.7 Å². The summed E-state index contributed by atoms with van der Waals surface area (Å²) in [7, 11) is -10.3. The minimum atomic E-state index is -5.16. The smallest absolute Gasteiger partial charge is 0.408 e. The summed E-state index contributed by atoms with van der Waals surface area (Å²) in [6, 6.07) is 10.9. The monoisotopic (exact) mass is 485 g/mol. The van der Waals surface area contributed by atoms with E-state index in [1.807, 2.05) is 0 Å². The van der Waals surface area contributed by atoms with Gasteiger partial charge in [0.1, 0.15) is 5.60 Å². The maximum Gasteiger partial charge on any atom is 0.408 e. The molecular weight excluding hydrogens is 457 g/mol. The van der Waals surface area contributed by atoms with E-state index in [9.17, 15) is 21.6 Å². The quantitative estimate of drug-likeness (QED) is 0.633. The largest absolute Gasteiger partial charge is 0.444 e. The first kappa shape index (κ1) is 25.8. The predicted molar refractivity (Wildman–Crippen MR) is 119 cm³/mol. The van der Waals surface area contributed by atoms with Crippen molar-refractivity contribution in [2.75, 3.05) is 0 Å². The Bertz CT molecular complexity index is 1070. The lowest BCUT2D eigenvalue weighted by Gasteiger charge is -2.36. The van der Waals surface area contributed by atoms with E-state index < -0.39 is 57.5 Å². The molecule has 7 nitrogen and oxygen atoms in total. The van der Waals surface area contributed by atoms with Gasteiger partial charge in [-0.05, 0) is 51.0 Å². The average Bonchev–Trinajstić information content (AvgIpc) is 2.71. The maximum atomic E-state index is 17.0. The van der Waals surface area contributed by atoms with Crippen LogP contribution in [0.5, 0.6) is 0 Å². The third kappa shape index (κ3) is 4.96. The number of carbonyl (C=O) groups is 1. The second-order valence-corrected chi connectivity index (χ2v) is 13.0. The Kier molecular flexibility index (Phi) is 7.41. The first-order chi connectivity index (χ1) is 14.6. The fraction of sp³-hybridized carbons (Fsp3) is 0.409. The lowest BCUT2D eigenvalue weighted by molar-refractivity contribution is 0.0460. The molecular formula is C22H28FNO6S2. The average molecular weight is 486 g/mol. The van der Waals surface area contributed by atoms with Crippen LogP contribution in [0.25, 0.3) is 0 Å². The molecule has 0 aliphatic carbocycles. The Morgan fingerprint density at radius 3 is 1.53 bits per heavy atom. The molecule has 32 heavy (non-hydrogen) atoms. The van der Waals surface area contributed by atoms with Gasteiger partial charge in [0.05, 0.1) is 15.8 Å². The number of carbonyl (C=O) groups excluding carboxylic acids is 1. The number of amides is 1. The SMILES string of the molecule is CC(C)C(NC(=O)OC(C)(C)C)C(F)(S(=O)(=O)c1ccccc1)S(=O)(=O)c1ccccc1. The summed E-state index contributed by atoms with van der Waals surface area (Å²) >= 11 is 0. The highest BCUT2D eigenvalue weighted by molar-refractivity contribution is 8.10. The van der Waals surface area contributed by atoms with E-state index in [0.29, 0.717) is 0 Å². The predicted octanol–water partition coefficient (Wildman–Crippen LogP) is 4.11. The molecule has 1 amide bonds. The molecule has 1 unspecified atom stereocenters. The van der Waals surface area contributed by atoms with Crippen molar-refractivity contribution in [1.29, 1.82) is 0 Å². The molecule has 10 heteroatoms. The molecule has 0 spiro atoms. The lowest BCUT2D eigenvalue weighted by Crippen LogP contribution is -2.61. The number of alkyl carbamates (subject to hydrolysis) is 1. The number of rotatable bonds is 7. The molecule has 0 saturated heterocycles. The second-order valence-electron chi connectivity index (χ2n) is 8.58. The van der Waals surface area contributed by atoms with E-state index in [1.54, 1.807) is 20.8 Å². The van der Waals surface area contributed by atoms with Crippen molar-refractivity contribution < 1.29 is 30.8 Å². The van der Waals surface area contributed by atoms with Gasteiger partial charge in [0, 0.05) is 0 Å². The fourth-order valence-corrected chi connectivity index (χ4v) is 7.82. The van der Waals surface area contributed by atoms with Crippen LogP contribution in [0.1, 0.15) is 34.6 Å². The van der Waals surface area contributed by atoms with Crippen LogP contribution in [0.4, 0.5) is 9.18 Å². The van der Waals surface area contributed by atoms with E-state index in [1.165, 1.54) is 50.2 Å². The van der Waals surface area contributed by atoms with Crippen molar-refractivity contribution in [1.82, 2.24) is 5.32 Å². The number of alkyl halides is 1. The van der Waals surface area contributed by atoms with Crippen molar-refractivity contribution in [2.24, 2.45) is 5.92 Å². The summed E-state index contributed by atoms with van der Waals surface area (Å²) in [6.07, 6.45) is -1.13. The molecule has 1 atom stereocenters. The summed E-state index contributed by atoms with van der Waals surface area (Å²) in [4.78, 5) is 11.4. The van der Waals surface area contributed by atoms with Crippen molar-refractivity contribution in [2.45, 2.75) is 60.4 Å². The Labute approximate surface area is 188 Å². The summed E-state index contributed by atoms with van der Waals surface area (Å²) < 4.78 is 72.4. The number of sulfone groups is 2. The third-order valence-corrected chi connectivity index (χ3v) is 9.63. The number of halogens is 1. The highest BCUT2D eigenvalue weighted by Crippen LogP contribution is 2.42. The van der Waals surface area contributed by atoms with Crippen LogP contribution in [-0.4, -0.2) is 38.9 Å². The zero-order valence-electron chi connectivity index (χ0n) is 18.6. The maximum absolute atomic E-state index is 17.0. The Hall–Kier alpha value is -2.46. The van der Waals surface area contributed by atoms with Crippen LogP contribution in [0.3, 0.4) is 0 Å². The first-order valence-corrected chi connectivity index (χ1v) is 12.9. The standard InChI is InChI=1S/C22H28FNO6S2/c1-16(2)19(24-20(25)30-21(3,4)5)22(23,31(26,27)17-12-8-6-9-13-17)32(28,29)18-14-10-7-11-15-18/h6-16,19H,1-5H3,(H,24,25). The molecule has 2 aromatic rings. The Morgan fingerprint density at radius 1 is 0.844 bits per heavy atom. The van der Waals surface area contributed by atoms with Gasteiger partial charge in [-0.25, -0.2) is 26.0 Å².